The Morgan fingerprint density at radius 1 is 1.58 bits per heavy atom. The van der Waals surface area contributed by atoms with Gasteiger partial charge in [-0.2, -0.15) is 0 Å². The van der Waals surface area contributed by atoms with Crippen molar-refractivity contribution in [1.29, 1.82) is 0 Å². The van der Waals surface area contributed by atoms with Gasteiger partial charge in [0.1, 0.15) is 5.83 Å². The lowest BCUT2D eigenvalue weighted by Crippen LogP contribution is -1.80. The van der Waals surface area contributed by atoms with Crippen LogP contribution >= 0.6 is 27.7 Å². The molecule has 0 rings (SSSR count). The normalized spacial score (nSPS) is 11.1. The van der Waals surface area contributed by atoms with E-state index in [1.807, 2.05) is 0 Å². The summed E-state index contributed by atoms with van der Waals surface area (Å²) >= 11 is 3.89. The second kappa shape index (κ2) is 5.32. The molecule has 0 spiro atoms. The molecule has 0 unspecified atom stereocenters. The zero-order valence-corrected chi connectivity index (χ0v) is 8.97. The van der Waals surface area contributed by atoms with E-state index in [2.05, 4.69) is 29.1 Å². The molecule has 0 bridgehead atoms. The van der Waals surface area contributed by atoms with Crippen LogP contribution in [0.4, 0.5) is 4.39 Å². The van der Waals surface area contributed by atoms with Gasteiger partial charge >= 0.3 is 0 Å². The number of hydrogen-bond acceptors (Lipinski definition) is 2. The number of thioether (sulfide) groups is 1. The highest BCUT2D eigenvalue weighted by molar-refractivity contribution is 9.12. The van der Waals surface area contributed by atoms with Crippen LogP contribution in [0, 0.1) is 0 Å². The SMILES string of the molecule is C=C(/C=C(/Br)C(=C)F)SC(C)=O. The zero-order chi connectivity index (χ0) is 9.72. The number of carbonyl (C=O) groups excluding carboxylic acids is 1. The molecule has 1 nitrogen and oxygen atoms in total. The molecule has 0 fully saturated rings. The Balaban J connectivity index is 4.24. The van der Waals surface area contributed by atoms with Crippen molar-refractivity contribution in [2.24, 2.45) is 0 Å². The second-order valence-corrected chi connectivity index (χ2v) is 4.11. The third-order valence-corrected chi connectivity index (χ3v) is 2.15. The molecule has 0 N–H and O–H groups in total. The summed E-state index contributed by atoms with van der Waals surface area (Å²) in [6, 6.07) is 0. The van der Waals surface area contributed by atoms with Gasteiger partial charge in [0.15, 0.2) is 5.12 Å². The molecule has 0 aliphatic carbocycles. The molecule has 12 heavy (non-hydrogen) atoms. The maximum absolute atomic E-state index is 12.3. The summed E-state index contributed by atoms with van der Waals surface area (Å²) in [6.45, 7) is 8.03. The molecule has 4 heteroatoms. The Hall–Kier alpha value is -0.350. The monoisotopic (exact) mass is 250 g/mol. The minimum absolute atomic E-state index is 0.0824. The van der Waals surface area contributed by atoms with E-state index < -0.39 is 5.83 Å². The maximum atomic E-state index is 12.3. The lowest BCUT2D eigenvalue weighted by molar-refractivity contribution is -0.109. The first-order valence-corrected chi connectivity index (χ1v) is 4.63. The third kappa shape index (κ3) is 5.32. The van der Waals surface area contributed by atoms with Crippen molar-refractivity contribution in [3.05, 3.63) is 34.4 Å². The molecule has 0 aromatic rings. The highest BCUT2D eigenvalue weighted by atomic mass is 79.9. The van der Waals surface area contributed by atoms with Crippen LogP contribution in [0.25, 0.3) is 0 Å². The Morgan fingerprint density at radius 3 is 2.42 bits per heavy atom. The standard InChI is InChI=1S/C8H8BrFOS/c1-5(12-7(3)11)4-8(9)6(2)10/h4H,1-2H2,3H3/b8-4+. The number of hydrogen-bond donors (Lipinski definition) is 0. The predicted octanol–water partition coefficient (Wildman–Crippen LogP) is 3.54. The van der Waals surface area contributed by atoms with Crippen molar-refractivity contribution >= 4 is 32.8 Å². The number of allylic oxidation sites excluding steroid dienone is 3. The summed E-state index contributed by atoms with van der Waals surface area (Å²) in [5.41, 5.74) is 0. The lowest BCUT2D eigenvalue weighted by atomic mass is 10.4. The minimum Gasteiger partial charge on any atom is -0.287 e. The highest BCUT2D eigenvalue weighted by Gasteiger charge is 2.00. The van der Waals surface area contributed by atoms with E-state index in [1.54, 1.807) is 0 Å². The highest BCUT2D eigenvalue weighted by Crippen LogP contribution is 2.23. The van der Waals surface area contributed by atoms with Gasteiger partial charge in [0.05, 0.1) is 4.48 Å². The molecule has 0 saturated carbocycles. The van der Waals surface area contributed by atoms with Crippen LogP contribution in [-0.4, -0.2) is 5.12 Å². The Kier molecular flexibility index (Phi) is 5.17. The zero-order valence-electron chi connectivity index (χ0n) is 6.56. The van der Waals surface area contributed by atoms with E-state index >= 15 is 0 Å². The molecule has 0 aromatic carbocycles. The summed E-state index contributed by atoms with van der Waals surface area (Å²) in [5, 5.41) is -0.0824. The summed E-state index contributed by atoms with van der Waals surface area (Å²) in [5.74, 6) is -0.583. The van der Waals surface area contributed by atoms with E-state index in [0.717, 1.165) is 11.8 Å². The van der Waals surface area contributed by atoms with Crippen LogP contribution in [-0.2, 0) is 4.79 Å². The molecule has 0 amide bonds. The summed E-state index contributed by atoms with van der Waals surface area (Å²) in [6.07, 6.45) is 1.41. The fourth-order valence-corrected chi connectivity index (χ4v) is 1.41. The molecule has 0 aliphatic rings. The molecule has 0 radical (unpaired) electrons. The Bertz CT molecular complexity index is 258. The number of halogens is 2. The summed E-state index contributed by atoms with van der Waals surface area (Å²) in [4.78, 5) is 11.0. The van der Waals surface area contributed by atoms with Crippen LogP contribution in [0.3, 0.4) is 0 Å². The van der Waals surface area contributed by atoms with Crippen LogP contribution in [0.2, 0.25) is 0 Å². The van der Waals surface area contributed by atoms with Crippen molar-refractivity contribution in [3.63, 3.8) is 0 Å². The van der Waals surface area contributed by atoms with Crippen LogP contribution in [0.5, 0.6) is 0 Å². The topological polar surface area (TPSA) is 17.1 Å². The van der Waals surface area contributed by atoms with Crippen LogP contribution in [0.1, 0.15) is 6.92 Å². The average Bonchev–Trinajstić information content (AvgIpc) is 1.84. The average molecular weight is 251 g/mol. The molecule has 0 saturated heterocycles. The minimum atomic E-state index is -0.583. The first kappa shape index (κ1) is 11.6. The van der Waals surface area contributed by atoms with Crippen molar-refractivity contribution in [3.8, 4) is 0 Å². The van der Waals surface area contributed by atoms with Crippen LogP contribution < -0.4 is 0 Å². The van der Waals surface area contributed by atoms with Gasteiger partial charge in [0.2, 0.25) is 0 Å². The lowest BCUT2D eigenvalue weighted by Gasteiger charge is -1.96. The van der Waals surface area contributed by atoms with Gasteiger partial charge in [-0.15, -0.1) is 0 Å². The van der Waals surface area contributed by atoms with Gasteiger partial charge < -0.3 is 0 Å². The number of rotatable bonds is 3. The van der Waals surface area contributed by atoms with Gasteiger partial charge in [-0.1, -0.05) is 24.9 Å². The Labute approximate surface area is 83.5 Å². The third-order valence-electron chi connectivity index (χ3n) is 0.822. The van der Waals surface area contributed by atoms with Gasteiger partial charge in [-0.25, -0.2) is 4.39 Å². The van der Waals surface area contributed by atoms with Crippen LogP contribution in [0.15, 0.2) is 34.4 Å². The molecule has 0 atom stereocenters. The molecule has 0 aromatic heterocycles. The fourth-order valence-electron chi connectivity index (χ4n) is 0.434. The van der Waals surface area contributed by atoms with E-state index in [4.69, 9.17) is 0 Å². The molecular formula is C8H8BrFOS. The maximum Gasteiger partial charge on any atom is 0.190 e. The van der Waals surface area contributed by atoms with Crippen molar-refractivity contribution in [1.82, 2.24) is 0 Å². The van der Waals surface area contributed by atoms with Gasteiger partial charge in [-0.3, -0.25) is 4.79 Å². The van der Waals surface area contributed by atoms with E-state index in [-0.39, 0.29) is 9.60 Å². The molecule has 66 valence electrons. The quantitative estimate of drug-likeness (QED) is 0.713. The summed E-state index contributed by atoms with van der Waals surface area (Å²) in [7, 11) is 0. The van der Waals surface area contributed by atoms with E-state index in [1.165, 1.54) is 13.0 Å². The van der Waals surface area contributed by atoms with E-state index in [9.17, 15) is 9.18 Å². The first-order chi connectivity index (χ1) is 5.43. The molecular weight excluding hydrogens is 243 g/mol. The molecule has 0 aliphatic heterocycles. The van der Waals surface area contributed by atoms with E-state index in [0.29, 0.717) is 4.91 Å². The Morgan fingerprint density at radius 2 is 2.08 bits per heavy atom. The van der Waals surface area contributed by atoms with Gasteiger partial charge in [-0.05, 0) is 22.0 Å². The number of carbonyl (C=O) groups is 1. The summed E-state index contributed by atoms with van der Waals surface area (Å²) < 4.78 is 12.6. The fraction of sp³-hybridized carbons (Fsp3) is 0.125. The first-order valence-electron chi connectivity index (χ1n) is 3.02. The van der Waals surface area contributed by atoms with Gasteiger partial charge in [0.25, 0.3) is 0 Å². The molecule has 0 heterocycles. The van der Waals surface area contributed by atoms with Crippen molar-refractivity contribution in [2.75, 3.05) is 0 Å². The largest absolute Gasteiger partial charge is 0.287 e. The second-order valence-electron chi connectivity index (χ2n) is 1.96. The van der Waals surface area contributed by atoms with Crippen molar-refractivity contribution in [2.45, 2.75) is 6.92 Å². The predicted molar refractivity (Wildman–Crippen MR) is 54.7 cm³/mol. The van der Waals surface area contributed by atoms with Crippen molar-refractivity contribution < 1.29 is 9.18 Å². The smallest absolute Gasteiger partial charge is 0.190 e. The van der Waals surface area contributed by atoms with Gasteiger partial charge in [0, 0.05) is 11.8 Å².